The van der Waals surface area contributed by atoms with E-state index in [1.54, 1.807) is 20.8 Å². The van der Waals surface area contributed by atoms with Crippen LogP contribution in [0.4, 0.5) is 13.2 Å². The molecule has 1 rings (SSSR count). The Morgan fingerprint density at radius 1 is 1.26 bits per heavy atom. The Balaban J connectivity index is 2.62. The lowest BCUT2D eigenvalue weighted by molar-refractivity contribution is -0.188. The van der Waals surface area contributed by atoms with Gasteiger partial charge in [0, 0.05) is 0 Å². The summed E-state index contributed by atoms with van der Waals surface area (Å²) in [5, 5.41) is 0. The number of ether oxygens (including phenoxy) is 1. The van der Waals surface area contributed by atoms with Crippen LogP contribution in [0.1, 0.15) is 46.5 Å². The Labute approximate surface area is 111 Å². The summed E-state index contributed by atoms with van der Waals surface area (Å²) in [6.07, 6.45) is -3.16. The van der Waals surface area contributed by atoms with Crippen molar-refractivity contribution in [3.8, 4) is 0 Å². The summed E-state index contributed by atoms with van der Waals surface area (Å²) in [4.78, 5) is 11.8. The molecule has 112 valence electrons. The second-order valence-corrected chi connectivity index (χ2v) is 6.22. The van der Waals surface area contributed by atoms with Gasteiger partial charge in [0.2, 0.25) is 0 Å². The van der Waals surface area contributed by atoms with E-state index in [1.165, 1.54) is 0 Å². The molecule has 2 N–H and O–H groups in total. The van der Waals surface area contributed by atoms with Gasteiger partial charge in [-0.25, -0.2) is 0 Å². The van der Waals surface area contributed by atoms with Gasteiger partial charge in [-0.2, -0.15) is 13.2 Å². The minimum absolute atomic E-state index is 0.0795. The Morgan fingerprint density at radius 3 is 2.32 bits per heavy atom. The first kappa shape index (κ1) is 16.3. The van der Waals surface area contributed by atoms with Gasteiger partial charge in [0.05, 0.1) is 5.92 Å². The summed E-state index contributed by atoms with van der Waals surface area (Å²) in [7, 11) is 0. The lowest BCUT2D eigenvalue weighted by atomic mass is 9.77. The lowest BCUT2D eigenvalue weighted by Gasteiger charge is -2.33. The molecule has 1 aliphatic rings. The van der Waals surface area contributed by atoms with Crippen LogP contribution in [0.15, 0.2) is 0 Å². The van der Waals surface area contributed by atoms with Crippen LogP contribution in [-0.4, -0.2) is 23.8 Å². The highest BCUT2D eigenvalue weighted by atomic mass is 19.4. The summed E-state index contributed by atoms with van der Waals surface area (Å²) < 4.78 is 43.2. The van der Waals surface area contributed by atoms with Gasteiger partial charge in [0.1, 0.15) is 11.6 Å². The molecule has 1 saturated carbocycles. The molecule has 0 aromatic heterocycles. The van der Waals surface area contributed by atoms with Crippen LogP contribution in [0.3, 0.4) is 0 Å². The summed E-state index contributed by atoms with van der Waals surface area (Å²) in [6.45, 7) is 5.12. The number of nitrogens with two attached hydrogens (primary N) is 1. The Bertz CT molecular complexity index is 323. The first-order chi connectivity index (χ1) is 8.50. The van der Waals surface area contributed by atoms with Crippen molar-refractivity contribution in [1.29, 1.82) is 0 Å². The van der Waals surface area contributed by atoms with E-state index in [9.17, 15) is 18.0 Å². The van der Waals surface area contributed by atoms with Crippen LogP contribution < -0.4 is 5.73 Å². The minimum Gasteiger partial charge on any atom is -0.459 e. The lowest BCUT2D eigenvalue weighted by Crippen LogP contribution is -2.45. The number of esters is 1. The molecule has 3 atom stereocenters. The fraction of sp³-hybridized carbons (Fsp3) is 0.923. The van der Waals surface area contributed by atoms with Crippen molar-refractivity contribution in [3.05, 3.63) is 0 Å². The molecule has 6 heteroatoms. The van der Waals surface area contributed by atoms with E-state index in [-0.39, 0.29) is 12.8 Å². The minimum atomic E-state index is -4.20. The van der Waals surface area contributed by atoms with Crippen molar-refractivity contribution in [1.82, 2.24) is 0 Å². The van der Waals surface area contributed by atoms with Gasteiger partial charge in [-0.1, -0.05) is 6.42 Å². The van der Waals surface area contributed by atoms with Gasteiger partial charge in [-0.05, 0) is 46.0 Å². The van der Waals surface area contributed by atoms with Crippen molar-refractivity contribution in [2.75, 3.05) is 0 Å². The fourth-order valence-electron chi connectivity index (χ4n) is 2.41. The van der Waals surface area contributed by atoms with Crippen LogP contribution in [-0.2, 0) is 9.53 Å². The zero-order valence-corrected chi connectivity index (χ0v) is 11.6. The van der Waals surface area contributed by atoms with E-state index in [1.807, 2.05) is 0 Å². The van der Waals surface area contributed by atoms with E-state index < -0.39 is 35.6 Å². The molecule has 0 bridgehead atoms. The van der Waals surface area contributed by atoms with E-state index >= 15 is 0 Å². The normalized spacial score (nSPS) is 26.9. The van der Waals surface area contributed by atoms with Crippen LogP contribution in [0.25, 0.3) is 0 Å². The molecule has 3 nitrogen and oxygen atoms in total. The Hall–Kier alpha value is -0.780. The van der Waals surface area contributed by atoms with Gasteiger partial charge < -0.3 is 10.5 Å². The molecule has 0 radical (unpaired) electrons. The highest BCUT2D eigenvalue weighted by molar-refractivity contribution is 5.76. The molecule has 0 aromatic carbocycles. The van der Waals surface area contributed by atoms with E-state index in [2.05, 4.69) is 0 Å². The van der Waals surface area contributed by atoms with Crippen molar-refractivity contribution < 1.29 is 22.7 Å². The summed E-state index contributed by atoms with van der Waals surface area (Å²) in [6, 6.07) is -0.968. The SMILES string of the molecule is CC(C)(C)OC(=O)C(N)C1CCCC(C(F)(F)F)C1. The number of carbonyl (C=O) groups is 1. The molecular formula is C13H22F3NO2. The maximum Gasteiger partial charge on any atom is 0.391 e. The van der Waals surface area contributed by atoms with Crippen molar-refractivity contribution in [3.63, 3.8) is 0 Å². The molecule has 0 aromatic rings. The van der Waals surface area contributed by atoms with E-state index in [0.29, 0.717) is 12.8 Å². The average molecular weight is 281 g/mol. The van der Waals surface area contributed by atoms with Crippen LogP contribution in [0.5, 0.6) is 0 Å². The topological polar surface area (TPSA) is 52.3 Å². The molecule has 0 amide bonds. The van der Waals surface area contributed by atoms with Crippen molar-refractivity contribution >= 4 is 5.97 Å². The molecule has 19 heavy (non-hydrogen) atoms. The number of halogens is 3. The largest absolute Gasteiger partial charge is 0.459 e. The third-order valence-corrected chi connectivity index (χ3v) is 3.36. The highest BCUT2D eigenvalue weighted by Crippen LogP contribution is 2.40. The Morgan fingerprint density at radius 2 is 1.84 bits per heavy atom. The standard InChI is InChI=1S/C13H22F3NO2/c1-12(2,3)19-11(18)10(17)8-5-4-6-9(7-8)13(14,15)16/h8-10H,4-7,17H2,1-3H3. The predicted molar refractivity (Wildman–Crippen MR) is 65.3 cm³/mol. The van der Waals surface area contributed by atoms with Gasteiger partial charge >= 0.3 is 12.1 Å². The fourth-order valence-corrected chi connectivity index (χ4v) is 2.41. The maximum atomic E-state index is 12.7. The van der Waals surface area contributed by atoms with Gasteiger partial charge in [-0.3, -0.25) is 4.79 Å². The number of hydrogen-bond acceptors (Lipinski definition) is 3. The maximum absolute atomic E-state index is 12.7. The number of carbonyl (C=O) groups excluding carboxylic acids is 1. The third kappa shape index (κ3) is 5.01. The van der Waals surface area contributed by atoms with Crippen molar-refractivity contribution in [2.45, 2.75) is 64.3 Å². The van der Waals surface area contributed by atoms with Gasteiger partial charge in [-0.15, -0.1) is 0 Å². The number of hydrogen-bond donors (Lipinski definition) is 1. The third-order valence-electron chi connectivity index (χ3n) is 3.36. The molecule has 0 heterocycles. The molecule has 1 fully saturated rings. The smallest absolute Gasteiger partial charge is 0.391 e. The quantitative estimate of drug-likeness (QED) is 0.792. The molecule has 3 unspecified atom stereocenters. The highest BCUT2D eigenvalue weighted by Gasteiger charge is 2.44. The second kappa shape index (κ2) is 5.69. The second-order valence-electron chi connectivity index (χ2n) is 6.22. The first-order valence-electron chi connectivity index (χ1n) is 6.56. The van der Waals surface area contributed by atoms with Crippen molar-refractivity contribution in [2.24, 2.45) is 17.6 Å². The summed E-state index contributed by atoms with van der Waals surface area (Å²) >= 11 is 0. The number of rotatable bonds is 2. The molecule has 0 spiro atoms. The molecule has 1 aliphatic carbocycles. The summed E-state index contributed by atoms with van der Waals surface area (Å²) in [5.41, 5.74) is 5.09. The Kier molecular flexibility index (Phi) is 4.87. The van der Waals surface area contributed by atoms with Crippen LogP contribution in [0.2, 0.25) is 0 Å². The zero-order valence-electron chi connectivity index (χ0n) is 11.6. The predicted octanol–water partition coefficient (Wildman–Crippen LogP) is 3.02. The molecular weight excluding hydrogens is 259 g/mol. The molecule has 0 saturated heterocycles. The van der Waals surface area contributed by atoms with Gasteiger partial charge in [0.15, 0.2) is 0 Å². The number of alkyl halides is 3. The van der Waals surface area contributed by atoms with E-state index in [4.69, 9.17) is 10.5 Å². The molecule has 0 aliphatic heterocycles. The van der Waals surface area contributed by atoms with Crippen LogP contribution >= 0.6 is 0 Å². The first-order valence-corrected chi connectivity index (χ1v) is 6.56. The van der Waals surface area contributed by atoms with E-state index in [0.717, 1.165) is 0 Å². The van der Waals surface area contributed by atoms with Crippen LogP contribution in [0, 0.1) is 11.8 Å². The van der Waals surface area contributed by atoms with Gasteiger partial charge in [0.25, 0.3) is 0 Å². The summed E-state index contributed by atoms with van der Waals surface area (Å²) in [5.74, 6) is -2.41. The monoisotopic (exact) mass is 281 g/mol. The zero-order chi connectivity index (χ0) is 14.8. The average Bonchev–Trinajstić information content (AvgIpc) is 2.24.